The molecule has 0 bridgehead atoms. The monoisotopic (exact) mass is 803 g/mol. The van der Waals surface area contributed by atoms with E-state index in [4.69, 9.17) is 0 Å². The van der Waals surface area contributed by atoms with E-state index in [2.05, 4.69) is 40.7 Å². The molecule has 1 aliphatic carbocycles. The van der Waals surface area contributed by atoms with Crippen LogP contribution in [-0.2, 0) is 28.0 Å². The Bertz CT molecular complexity index is 1130. The number of rotatable bonds is 36. The Labute approximate surface area is 349 Å². The maximum absolute atomic E-state index is 14.0. The Kier molecular flexibility index (Phi) is 27.7. The first-order chi connectivity index (χ1) is 27.0. The highest BCUT2D eigenvalue weighted by Gasteiger charge is 2.49. The third-order valence-corrected chi connectivity index (χ3v) is 15.2. The van der Waals surface area contributed by atoms with Gasteiger partial charge >= 0.3 is 7.60 Å². The number of hydrogen-bond acceptors (Lipinski definition) is 2. The second-order valence-electron chi connectivity index (χ2n) is 19.4. The van der Waals surface area contributed by atoms with Gasteiger partial charge in [-0.05, 0) is 66.2 Å². The molecule has 328 valence electrons. The van der Waals surface area contributed by atoms with Gasteiger partial charge in [-0.3, -0.25) is 4.57 Å². The average Bonchev–Trinajstić information content (AvgIpc) is 3.16. The molecule has 0 heterocycles. The fraction of sp³-hybridized carbons (Fsp3) is 0.882. The van der Waals surface area contributed by atoms with Crippen molar-refractivity contribution in [1.82, 2.24) is 0 Å². The van der Waals surface area contributed by atoms with Crippen LogP contribution in [0.4, 0.5) is 0 Å². The highest BCUT2D eigenvalue weighted by atomic mass is 31.2. The van der Waals surface area contributed by atoms with Gasteiger partial charge in [0.15, 0.2) is 0 Å². The first-order valence-corrected chi connectivity index (χ1v) is 26.5. The number of phenols is 1. The Morgan fingerprint density at radius 3 is 1.04 bits per heavy atom. The Morgan fingerprint density at radius 1 is 0.464 bits per heavy atom. The summed E-state index contributed by atoms with van der Waals surface area (Å²) in [5.74, 6) is 0.375. The highest BCUT2D eigenvalue weighted by Crippen LogP contribution is 2.64. The van der Waals surface area contributed by atoms with Gasteiger partial charge in [-0.15, -0.1) is 0 Å². The van der Waals surface area contributed by atoms with Crippen molar-refractivity contribution in [3.05, 3.63) is 28.3 Å². The summed E-state index contributed by atoms with van der Waals surface area (Å²) in [4.78, 5) is 22.9. The second-order valence-corrected chi connectivity index (χ2v) is 21.4. The molecule has 0 fully saturated rings. The minimum Gasteiger partial charge on any atom is -0.507 e. The molecule has 1 aromatic rings. The third kappa shape index (κ3) is 19.9. The fourth-order valence-electron chi connectivity index (χ4n) is 9.69. The summed E-state index contributed by atoms with van der Waals surface area (Å²) in [6, 6.07) is 2.05. The molecule has 0 unspecified atom stereocenters. The molecule has 0 aliphatic heterocycles. The van der Waals surface area contributed by atoms with Crippen LogP contribution < -0.4 is 0 Å². The van der Waals surface area contributed by atoms with Gasteiger partial charge in [-0.25, -0.2) is 0 Å². The van der Waals surface area contributed by atoms with Crippen molar-refractivity contribution in [3.63, 3.8) is 0 Å². The Balaban J connectivity index is 1.93. The lowest BCUT2D eigenvalue weighted by Gasteiger charge is -2.40. The molecule has 0 spiro atoms. The van der Waals surface area contributed by atoms with Crippen LogP contribution in [-0.4, -0.2) is 14.9 Å². The number of phenolic OH excluding ortho intramolecular Hbond substituents is 1. The number of fused-ring (bicyclic) bond motifs is 1. The van der Waals surface area contributed by atoms with Crippen molar-refractivity contribution in [2.75, 3.05) is 0 Å². The molecule has 56 heavy (non-hydrogen) atoms. The normalized spacial score (nSPS) is 13.8. The van der Waals surface area contributed by atoms with Gasteiger partial charge in [0.2, 0.25) is 0 Å². The standard InChI is InChI=1S/C51H95O4P/c1-6-8-10-12-14-16-18-20-22-24-26-28-30-32-34-38-42-51(56(53,54)55,47-44-48(50(3,4)5)49(52)46-41-37-36-40-45(46)47)43-39-35-33-31-29-27-25-23-21-19-17-15-13-11-9-7-2/h44,52H,6-43H2,1-5H3,(H2,53,54,55). The summed E-state index contributed by atoms with van der Waals surface area (Å²) >= 11 is 0. The van der Waals surface area contributed by atoms with Crippen LogP contribution in [0.1, 0.15) is 288 Å². The maximum atomic E-state index is 14.0. The first kappa shape index (κ1) is 51.3. The van der Waals surface area contributed by atoms with E-state index in [1.807, 2.05) is 0 Å². The summed E-state index contributed by atoms with van der Waals surface area (Å²) < 4.78 is 14.0. The number of benzene rings is 1. The van der Waals surface area contributed by atoms with Crippen LogP contribution in [0.5, 0.6) is 5.75 Å². The maximum Gasteiger partial charge on any atom is 0.336 e. The van der Waals surface area contributed by atoms with Gasteiger partial charge < -0.3 is 14.9 Å². The van der Waals surface area contributed by atoms with Crippen molar-refractivity contribution in [2.45, 2.75) is 289 Å². The molecule has 0 amide bonds. The summed E-state index contributed by atoms with van der Waals surface area (Å²) in [6.07, 6.45) is 46.1. The molecule has 3 N–H and O–H groups in total. The van der Waals surface area contributed by atoms with E-state index in [0.717, 1.165) is 86.5 Å². The molecule has 1 aliphatic rings. The zero-order chi connectivity index (χ0) is 41.0. The molecule has 0 saturated heterocycles. The summed E-state index contributed by atoms with van der Waals surface area (Å²) in [5.41, 5.74) is 3.44. The number of hydrogen-bond donors (Lipinski definition) is 3. The predicted octanol–water partition coefficient (Wildman–Crippen LogP) is 17.2. The molecule has 0 aromatic heterocycles. The van der Waals surface area contributed by atoms with Crippen LogP contribution >= 0.6 is 7.60 Å². The quantitative estimate of drug-likeness (QED) is 0.0466. The first-order valence-electron chi connectivity index (χ1n) is 24.9. The van der Waals surface area contributed by atoms with E-state index in [9.17, 15) is 19.5 Å². The number of unbranched alkanes of at least 4 members (excludes halogenated alkanes) is 30. The minimum atomic E-state index is -4.52. The molecular formula is C51H95O4P. The van der Waals surface area contributed by atoms with E-state index in [1.54, 1.807) is 0 Å². The molecule has 1 aromatic carbocycles. The second kappa shape index (κ2) is 30.2. The lowest BCUT2D eigenvalue weighted by molar-refractivity contribution is 0.295. The molecule has 5 heteroatoms. The van der Waals surface area contributed by atoms with Gasteiger partial charge in [0, 0.05) is 0 Å². The van der Waals surface area contributed by atoms with E-state index < -0.39 is 12.8 Å². The molecule has 2 rings (SSSR count). The van der Waals surface area contributed by atoms with Gasteiger partial charge in [0.25, 0.3) is 0 Å². The molecule has 4 nitrogen and oxygen atoms in total. The van der Waals surface area contributed by atoms with Gasteiger partial charge in [-0.2, -0.15) is 0 Å². The van der Waals surface area contributed by atoms with Gasteiger partial charge in [-0.1, -0.05) is 246 Å². The van der Waals surface area contributed by atoms with Crippen LogP contribution in [0, 0.1) is 0 Å². The van der Waals surface area contributed by atoms with Gasteiger partial charge in [0.1, 0.15) is 5.75 Å². The van der Waals surface area contributed by atoms with Gasteiger partial charge in [0.05, 0.1) is 5.16 Å². The number of aromatic hydroxyl groups is 1. The molecule has 0 radical (unpaired) electrons. The van der Waals surface area contributed by atoms with Crippen LogP contribution in [0.15, 0.2) is 6.07 Å². The molecule has 0 saturated carbocycles. The largest absolute Gasteiger partial charge is 0.507 e. The van der Waals surface area contributed by atoms with E-state index in [1.165, 1.54) is 167 Å². The van der Waals surface area contributed by atoms with Crippen molar-refractivity contribution < 1.29 is 19.5 Å². The average molecular weight is 803 g/mol. The van der Waals surface area contributed by atoms with E-state index in [0.29, 0.717) is 18.6 Å². The Morgan fingerprint density at radius 2 is 0.750 bits per heavy atom. The van der Waals surface area contributed by atoms with Crippen molar-refractivity contribution in [2.24, 2.45) is 0 Å². The van der Waals surface area contributed by atoms with E-state index in [-0.39, 0.29) is 5.41 Å². The fourth-order valence-corrected chi connectivity index (χ4v) is 11.1. The summed E-state index contributed by atoms with van der Waals surface area (Å²) in [7, 11) is -4.52. The Hall–Kier alpha value is -0.830. The van der Waals surface area contributed by atoms with Crippen LogP contribution in [0.3, 0.4) is 0 Å². The van der Waals surface area contributed by atoms with E-state index >= 15 is 0 Å². The smallest absolute Gasteiger partial charge is 0.336 e. The topological polar surface area (TPSA) is 77.8 Å². The van der Waals surface area contributed by atoms with Crippen molar-refractivity contribution in [1.29, 1.82) is 0 Å². The molecule has 0 atom stereocenters. The SMILES string of the molecule is CCCCCCCCCCCCCCCCCCC(CCCCCCCCCCCCCCCCCC)(c1cc(C(C)(C)C)c(O)c2c1CCCC2)P(=O)(O)O. The summed E-state index contributed by atoms with van der Waals surface area (Å²) in [6.45, 7) is 10.9. The van der Waals surface area contributed by atoms with Crippen molar-refractivity contribution in [3.8, 4) is 5.75 Å². The molecular weight excluding hydrogens is 708 g/mol. The lowest BCUT2D eigenvalue weighted by Crippen LogP contribution is -2.30. The van der Waals surface area contributed by atoms with Crippen LogP contribution in [0.25, 0.3) is 0 Å². The zero-order valence-electron chi connectivity index (χ0n) is 38.1. The zero-order valence-corrected chi connectivity index (χ0v) is 39.0. The lowest BCUT2D eigenvalue weighted by atomic mass is 9.74. The minimum absolute atomic E-state index is 0.311. The highest BCUT2D eigenvalue weighted by molar-refractivity contribution is 7.53. The predicted molar refractivity (Wildman–Crippen MR) is 245 cm³/mol. The summed E-state index contributed by atoms with van der Waals surface area (Å²) in [5, 5.41) is 10.3. The third-order valence-electron chi connectivity index (χ3n) is 13.4. The van der Waals surface area contributed by atoms with Crippen molar-refractivity contribution >= 4 is 7.60 Å². The van der Waals surface area contributed by atoms with Crippen LogP contribution in [0.2, 0.25) is 0 Å².